The highest BCUT2D eigenvalue weighted by Gasteiger charge is 2.53. The van der Waals surface area contributed by atoms with E-state index in [-0.39, 0.29) is 24.9 Å². The van der Waals surface area contributed by atoms with Crippen LogP contribution >= 0.6 is 0 Å². The van der Waals surface area contributed by atoms with Crippen LogP contribution in [0.5, 0.6) is 0 Å². The third-order valence-corrected chi connectivity index (χ3v) is 4.09. The average molecular weight is 280 g/mol. The van der Waals surface area contributed by atoms with Gasteiger partial charge < -0.3 is 9.47 Å². The second kappa shape index (κ2) is 5.77. The Morgan fingerprint density at radius 1 is 1.25 bits per heavy atom. The highest BCUT2D eigenvalue weighted by molar-refractivity contribution is 6.01. The van der Waals surface area contributed by atoms with Crippen molar-refractivity contribution in [2.45, 2.75) is 39.5 Å². The van der Waals surface area contributed by atoms with E-state index in [0.717, 1.165) is 5.57 Å². The number of ketones is 1. The molecule has 20 heavy (non-hydrogen) atoms. The van der Waals surface area contributed by atoms with Crippen molar-refractivity contribution in [3.8, 4) is 0 Å². The molecule has 1 atom stereocenters. The zero-order valence-corrected chi connectivity index (χ0v) is 11.9. The highest BCUT2D eigenvalue weighted by Crippen LogP contribution is 2.47. The first-order chi connectivity index (χ1) is 9.53. The molecule has 5 nitrogen and oxygen atoms in total. The molecule has 0 saturated heterocycles. The fourth-order valence-corrected chi connectivity index (χ4v) is 3.11. The Morgan fingerprint density at radius 2 is 1.85 bits per heavy atom. The van der Waals surface area contributed by atoms with Crippen LogP contribution in [0.15, 0.2) is 11.6 Å². The third-order valence-electron chi connectivity index (χ3n) is 4.09. The fourth-order valence-electron chi connectivity index (χ4n) is 3.11. The summed E-state index contributed by atoms with van der Waals surface area (Å²) in [6.45, 7) is 3.88. The topological polar surface area (TPSA) is 69.7 Å². The number of carbonyl (C=O) groups is 3. The number of esters is 2. The molecule has 0 heterocycles. The Balaban J connectivity index is 2.25. The van der Waals surface area contributed by atoms with Crippen LogP contribution in [0.4, 0.5) is 0 Å². The first-order valence-electron chi connectivity index (χ1n) is 7.11. The first-order valence-corrected chi connectivity index (χ1v) is 7.11. The zero-order chi connectivity index (χ0) is 14.8. The Labute approximate surface area is 118 Å². The molecule has 0 spiro atoms. The van der Waals surface area contributed by atoms with Crippen molar-refractivity contribution in [2.75, 3.05) is 13.2 Å². The molecule has 0 radical (unpaired) electrons. The molecule has 0 aromatic heterocycles. The minimum absolute atomic E-state index is 0.0231. The lowest BCUT2D eigenvalue weighted by Crippen LogP contribution is -2.45. The smallest absolute Gasteiger partial charge is 0.323 e. The van der Waals surface area contributed by atoms with Gasteiger partial charge in [0.05, 0.1) is 13.2 Å². The van der Waals surface area contributed by atoms with E-state index in [4.69, 9.17) is 9.47 Å². The Kier molecular flexibility index (Phi) is 4.26. The summed E-state index contributed by atoms with van der Waals surface area (Å²) in [5.74, 6) is -0.979. The number of hydrogen-bond acceptors (Lipinski definition) is 5. The summed E-state index contributed by atoms with van der Waals surface area (Å²) in [7, 11) is 0. The van der Waals surface area contributed by atoms with Crippen molar-refractivity contribution in [3.63, 3.8) is 0 Å². The van der Waals surface area contributed by atoms with Gasteiger partial charge in [0.15, 0.2) is 11.2 Å². The van der Waals surface area contributed by atoms with Crippen LogP contribution < -0.4 is 0 Å². The van der Waals surface area contributed by atoms with E-state index in [1.807, 2.05) is 0 Å². The van der Waals surface area contributed by atoms with Gasteiger partial charge in [-0.3, -0.25) is 14.4 Å². The first kappa shape index (κ1) is 14.8. The Hall–Kier alpha value is -1.65. The number of rotatable bonds is 4. The molecule has 1 unspecified atom stereocenters. The van der Waals surface area contributed by atoms with E-state index >= 15 is 0 Å². The molecule has 2 aliphatic rings. The van der Waals surface area contributed by atoms with Crippen molar-refractivity contribution in [1.82, 2.24) is 0 Å². The quantitative estimate of drug-likeness (QED) is 0.580. The average Bonchev–Trinajstić information content (AvgIpc) is 2.77. The minimum atomic E-state index is -1.24. The van der Waals surface area contributed by atoms with Gasteiger partial charge in [0.2, 0.25) is 0 Å². The van der Waals surface area contributed by atoms with E-state index in [9.17, 15) is 14.4 Å². The number of hydrogen-bond donors (Lipinski definition) is 0. The maximum atomic E-state index is 12.3. The molecule has 0 N–H and O–H groups in total. The minimum Gasteiger partial charge on any atom is -0.465 e. The van der Waals surface area contributed by atoms with Gasteiger partial charge in [-0.2, -0.15) is 0 Å². The molecule has 2 aliphatic carbocycles. The van der Waals surface area contributed by atoms with Gasteiger partial charge in [-0.25, -0.2) is 0 Å². The van der Waals surface area contributed by atoms with E-state index in [0.29, 0.717) is 25.7 Å². The molecule has 1 saturated carbocycles. The van der Waals surface area contributed by atoms with Gasteiger partial charge in [-0.1, -0.05) is 5.57 Å². The van der Waals surface area contributed by atoms with Crippen LogP contribution in [-0.2, 0) is 23.9 Å². The molecule has 0 bridgehead atoms. The van der Waals surface area contributed by atoms with Crippen molar-refractivity contribution >= 4 is 17.7 Å². The lowest BCUT2D eigenvalue weighted by Gasteiger charge is -2.36. The van der Waals surface area contributed by atoms with E-state index in [1.165, 1.54) is 0 Å². The summed E-state index contributed by atoms with van der Waals surface area (Å²) in [5, 5.41) is 0. The van der Waals surface area contributed by atoms with Crippen molar-refractivity contribution in [1.29, 1.82) is 0 Å². The Morgan fingerprint density at radius 3 is 2.40 bits per heavy atom. The number of carbonyl (C=O) groups excluding carboxylic acids is 3. The molecule has 0 aliphatic heterocycles. The van der Waals surface area contributed by atoms with Crippen molar-refractivity contribution in [2.24, 2.45) is 11.3 Å². The van der Waals surface area contributed by atoms with Crippen LogP contribution in [0.25, 0.3) is 0 Å². The molecule has 2 rings (SSSR count). The maximum absolute atomic E-state index is 12.3. The standard InChI is InChI=1S/C15H20O5/c1-3-19-13(17)15(14(18)20-4-2)6-5-10-7-12(16)8-11(10)9-15/h7,11H,3-6,8-9H2,1-2H3. The van der Waals surface area contributed by atoms with Crippen molar-refractivity contribution in [3.05, 3.63) is 11.6 Å². The summed E-state index contributed by atoms with van der Waals surface area (Å²) in [5.41, 5.74) is -0.183. The molecular weight excluding hydrogens is 260 g/mol. The summed E-state index contributed by atoms with van der Waals surface area (Å²) in [4.78, 5) is 36.1. The van der Waals surface area contributed by atoms with Gasteiger partial charge in [0.1, 0.15) is 0 Å². The maximum Gasteiger partial charge on any atom is 0.323 e. The molecule has 0 aromatic carbocycles. The van der Waals surface area contributed by atoms with Crippen LogP contribution in [0.2, 0.25) is 0 Å². The molecular formula is C15H20O5. The molecule has 110 valence electrons. The van der Waals surface area contributed by atoms with E-state index < -0.39 is 17.4 Å². The number of allylic oxidation sites excluding steroid dienone is 2. The predicted molar refractivity (Wildman–Crippen MR) is 70.7 cm³/mol. The molecule has 0 amide bonds. The van der Waals surface area contributed by atoms with Crippen LogP contribution in [0.1, 0.15) is 39.5 Å². The zero-order valence-electron chi connectivity index (χ0n) is 11.9. The predicted octanol–water partition coefficient (Wildman–Crippen LogP) is 1.80. The summed E-state index contributed by atoms with van der Waals surface area (Å²) in [6, 6.07) is 0. The summed E-state index contributed by atoms with van der Waals surface area (Å²) in [6.07, 6.45) is 3.30. The second-order valence-corrected chi connectivity index (χ2v) is 5.31. The normalized spacial score (nSPS) is 23.8. The van der Waals surface area contributed by atoms with Gasteiger partial charge >= 0.3 is 11.9 Å². The van der Waals surface area contributed by atoms with Gasteiger partial charge in [-0.15, -0.1) is 0 Å². The molecule has 0 aromatic rings. The monoisotopic (exact) mass is 280 g/mol. The SMILES string of the molecule is CCOC(=O)C1(C(=O)OCC)CCC2=CC(=O)CC2C1. The summed E-state index contributed by atoms with van der Waals surface area (Å²) < 4.78 is 10.2. The second-order valence-electron chi connectivity index (χ2n) is 5.31. The van der Waals surface area contributed by atoms with E-state index in [2.05, 4.69) is 0 Å². The largest absolute Gasteiger partial charge is 0.465 e. The number of fused-ring (bicyclic) bond motifs is 1. The van der Waals surface area contributed by atoms with Crippen LogP contribution in [-0.4, -0.2) is 30.9 Å². The van der Waals surface area contributed by atoms with Crippen LogP contribution in [0, 0.1) is 11.3 Å². The van der Waals surface area contributed by atoms with Gasteiger partial charge in [0.25, 0.3) is 0 Å². The lowest BCUT2D eigenvalue weighted by atomic mass is 9.68. The number of ether oxygens (including phenoxy) is 2. The van der Waals surface area contributed by atoms with Crippen molar-refractivity contribution < 1.29 is 23.9 Å². The lowest BCUT2D eigenvalue weighted by molar-refractivity contribution is -0.175. The summed E-state index contributed by atoms with van der Waals surface area (Å²) >= 11 is 0. The van der Waals surface area contributed by atoms with Gasteiger partial charge in [-0.05, 0) is 45.1 Å². The van der Waals surface area contributed by atoms with Crippen LogP contribution in [0.3, 0.4) is 0 Å². The molecule has 1 fully saturated rings. The van der Waals surface area contributed by atoms with Gasteiger partial charge in [0, 0.05) is 6.42 Å². The van der Waals surface area contributed by atoms with E-state index in [1.54, 1.807) is 19.9 Å². The Bertz CT molecular complexity index is 445. The highest BCUT2D eigenvalue weighted by atomic mass is 16.6. The molecule has 5 heteroatoms. The third kappa shape index (κ3) is 2.49. The fraction of sp³-hybridized carbons (Fsp3) is 0.667.